The first-order valence-electron chi connectivity index (χ1n) is 19.3. The number of H-pyrrole nitrogens is 1. The van der Waals surface area contributed by atoms with E-state index in [0.29, 0.717) is 31.4 Å². The fourth-order valence-electron chi connectivity index (χ4n) is 8.55. The van der Waals surface area contributed by atoms with Crippen molar-refractivity contribution in [2.75, 3.05) is 67.5 Å². The summed E-state index contributed by atoms with van der Waals surface area (Å²) in [4.78, 5) is 60.8. The molecule has 0 amide bonds. The highest BCUT2D eigenvalue weighted by molar-refractivity contribution is 6.06. The Morgan fingerprint density at radius 1 is 0.931 bits per heavy atom. The maximum atomic E-state index is 17.8. The Labute approximate surface area is 326 Å². The summed E-state index contributed by atoms with van der Waals surface area (Å²) < 4.78 is 60.1. The highest BCUT2D eigenvalue weighted by atomic mass is 19.3. The van der Waals surface area contributed by atoms with Gasteiger partial charge in [0.25, 0.3) is 11.1 Å². The molecule has 4 heterocycles. The third kappa shape index (κ3) is 6.62. The van der Waals surface area contributed by atoms with Gasteiger partial charge < -0.3 is 50.9 Å². The van der Waals surface area contributed by atoms with Crippen LogP contribution in [0.5, 0.6) is 11.5 Å². The predicted octanol–water partition coefficient (Wildman–Crippen LogP) is 0.936. The number of benzene rings is 2. The molecule has 4 fully saturated rings. The fraction of sp³-hybridized carbons (Fsp3) is 0.568. The minimum Gasteiger partial charge on any atom is -0.492 e. The summed E-state index contributed by atoms with van der Waals surface area (Å²) in [7, 11) is 1.35. The highest BCUT2D eigenvalue weighted by Gasteiger charge is 2.39. The lowest BCUT2D eigenvalue weighted by Gasteiger charge is -2.39. The lowest BCUT2D eigenvalue weighted by Crippen LogP contribution is -2.46. The Kier molecular flexibility index (Phi) is 10.1. The van der Waals surface area contributed by atoms with Crippen molar-refractivity contribution in [2.24, 2.45) is 5.92 Å². The van der Waals surface area contributed by atoms with Crippen LogP contribution in [0.4, 0.5) is 35.9 Å². The van der Waals surface area contributed by atoms with Gasteiger partial charge in [-0.15, -0.1) is 0 Å². The quantitative estimate of drug-likeness (QED) is 0.0985. The molecule has 2 saturated carbocycles. The maximum absolute atomic E-state index is 17.8. The van der Waals surface area contributed by atoms with Crippen LogP contribution in [-0.2, 0) is 0 Å². The van der Waals surface area contributed by atoms with E-state index in [1.54, 1.807) is 4.90 Å². The standard InChI is InChI=1S/C37H45F3N8O10/c1-57-30-21(44-12-8-37(56,16-50)9-13-44)14-20(23-27(30)46(18-2-3-18)35(54)43-32(23)52)42-26-24-28(47(19-4-5-19)36(55)48(41)33(24)53)31(58-34(39)40)29(25(26)38)45-10-6-17(7-11-45)22(51)15-49/h14,17-19,22,34,42,49-51,56H,2-13,15-16,41H2,1H3,(H,43,52,54). The summed E-state index contributed by atoms with van der Waals surface area (Å²) >= 11 is 0. The minimum absolute atomic E-state index is 0.0110. The summed E-state index contributed by atoms with van der Waals surface area (Å²) in [5.41, 5.74) is -6.64. The SMILES string of the molecule is COc1c(N2CCC(O)(CO)CC2)cc(Nc2c(F)c(N3CCC(C(O)CO)CC3)c(OC(F)F)c3c2c(=O)n(N)c(=O)n3C2CC2)c2c(=O)[nH]c(=O)n(C3CC3)c12. The molecule has 2 aliphatic carbocycles. The van der Waals surface area contributed by atoms with E-state index in [-0.39, 0.29) is 84.9 Å². The van der Waals surface area contributed by atoms with Crippen LogP contribution in [0.15, 0.2) is 25.2 Å². The van der Waals surface area contributed by atoms with Gasteiger partial charge in [0.2, 0.25) is 0 Å². The molecule has 1 atom stereocenters. The van der Waals surface area contributed by atoms with Gasteiger partial charge in [0.15, 0.2) is 17.3 Å². The fourth-order valence-corrected chi connectivity index (χ4v) is 8.55. The number of alkyl halides is 2. The van der Waals surface area contributed by atoms with Crippen LogP contribution in [0.2, 0.25) is 0 Å². The monoisotopic (exact) mass is 818 g/mol. The van der Waals surface area contributed by atoms with E-state index < -0.39 is 99.8 Å². The van der Waals surface area contributed by atoms with Crippen molar-refractivity contribution in [1.29, 1.82) is 0 Å². The van der Waals surface area contributed by atoms with Crippen molar-refractivity contribution in [3.8, 4) is 11.5 Å². The van der Waals surface area contributed by atoms with Crippen LogP contribution in [0.3, 0.4) is 0 Å². The van der Waals surface area contributed by atoms with Crippen LogP contribution < -0.4 is 52.9 Å². The number of piperidine rings is 2. The Hall–Kier alpha value is -5.25. The molecule has 314 valence electrons. The summed E-state index contributed by atoms with van der Waals surface area (Å²) in [5, 5.41) is 42.7. The summed E-state index contributed by atoms with van der Waals surface area (Å²) in [6, 6.07) is 0.516. The van der Waals surface area contributed by atoms with Crippen molar-refractivity contribution in [3.63, 3.8) is 0 Å². The molecule has 0 bridgehead atoms. The zero-order chi connectivity index (χ0) is 41.4. The second-order valence-electron chi connectivity index (χ2n) is 15.7. The van der Waals surface area contributed by atoms with Crippen LogP contribution in [0.1, 0.15) is 63.5 Å². The molecule has 58 heavy (non-hydrogen) atoms. The molecule has 18 nitrogen and oxygen atoms in total. The van der Waals surface area contributed by atoms with E-state index in [4.69, 9.17) is 15.3 Å². The Morgan fingerprint density at radius 2 is 1.55 bits per heavy atom. The maximum Gasteiger partial charge on any atom is 0.387 e. The lowest BCUT2D eigenvalue weighted by molar-refractivity contribution is -0.0489. The van der Waals surface area contributed by atoms with Gasteiger partial charge in [-0.2, -0.15) is 13.5 Å². The third-order valence-corrected chi connectivity index (χ3v) is 12.0. The molecule has 2 aromatic carbocycles. The summed E-state index contributed by atoms with van der Waals surface area (Å²) in [6.07, 6.45) is 1.60. The van der Waals surface area contributed by atoms with Gasteiger partial charge >= 0.3 is 18.0 Å². The van der Waals surface area contributed by atoms with E-state index >= 15 is 4.39 Å². The first-order valence-corrected chi connectivity index (χ1v) is 19.3. The van der Waals surface area contributed by atoms with E-state index in [1.165, 1.54) is 22.6 Å². The summed E-state index contributed by atoms with van der Waals surface area (Å²) in [5.74, 6) is 3.71. The van der Waals surface area contributed by atoms with Gasteiger partial charge in [0, 0.05) is 38.3 Å². The van der Waals surface area contributed by atoms with Crippen molar-refractivity contribution < 1.29 is 43.1 Å². The van der Waals surface area contributed by atoms with Crippen molar-refractivity contribution >= 4 is 44.6 Å². The number of aromatic nitrogens is 4. The average Bonchev–Trinajstić information content (AvgIpc) is 4.15. The number of rotatable bonds is 12. The number of aliphatic hydroxyl groups excluding tert-OH is 3. The number of fused-ring (bicyclic) bond motifs is 2. The number of aliphatic hydroxyl groups is 4. The van der Waals surface area contributed by atoms with Gasteiger partial charge in [-0.25, -0.2) is 14.0 Å². The van der Waals surface area contributed by atoms with Gasteiger partial charge in [-0.1, -0.05) is 0 Å². The molecule has 2 saturated heterocycles. The molecule has 2 aromatic heterocycles. The molecular formula is C37H45F3N8O10. The summed E-state index contributed by atoms with van der Waals surface area (Å²) in [6.45, 7) is -4.19. The number of nitrogens with zero attached hydrogens (tertiary/aromatic N) is 5. The number of hydrogen-bond acceptors (Lipinski definition) is 14. The topological polar surface area (TPSA) is 243 Å². The van der Waals surface area contributed by atoms with E-state index in [2.05, 4.69) is 10.3 Å². The molecule has 21 heteroatoms. The Bertz CT molecular complexity index is 2520. The number of nitrogen functional groups attached to an aromatic ring is 1. The number of aromatic amines is 1. The zero-order valence-corrected chi connectivity index (χ0v) is 31.5. The number of anilines is 4. The first-order chi connectivity index (χ1) is 27.7. The van der Waals surface area contributed by atoms with E-state index in [0.717, 1.165) is 4.57 Å². The molecule has 2 aliphatic heterocycles. The second-order valence-corrected chi connectivity index (χ2v) is 15.7. The lowest BCUT2D eigenvalue weighted by atomic mass is 9.91. The highest BCUT2D eigenvalue weighted by Crippen LogP contribution is 2.50. The molecule has 4 aliphatic rings. The average molecular weight is 819 g/mol. The number of methoxy groups -OCH3 is 1. The molecule has 4 aromatic rings. The van der Waals surface area contributed by atoms with E-state index in [1.807, 2.05) is 0 Å². The van der Waals surface area contributed by atoms with Crippen LogP contribution in [0, 0.1) is 11.7 Å². The van der Waals surface area contributed by atoms with Crippen molar-refractivity contribution in [3.05, 3.63) is 53.6 Å². The van der Waals surface area contributed by atoms with Gasteiger partial charge in [-0.05, 0) is 63.4 Å². The zero-order valence-electron chi connectivity index (χ0n) is 31.5. The third-order valence-electron chi connectivity index (χ3n) is 12.0. The number of nitrogens with two attached hydrogens (primary N) is 1. The van der Waals surface area contributed by atoms with Gasteiger partial charge in [0.1, 0.15) is 16.7 Å². The Balaban J connectivity index is 1.43. The second kappa shape index (κ2) is 14.8. The van der Waals surface area contributed by atoms with Crippen molar-refractivity contribution in [2.45, 2.75) is 81.8 Å². The van der Waals surface area contributed by atoms with Gasteiger partial charge in [-0.3, -0.25) is 23.7 Å². The van der Waals surface area contributed by atoms with E-state index in [9.17, 15) is 48.4 Å². The normalized spacial score (nSPS) is 19.3. The number of hydrogen-bond donors (Lipinski definition) is 7. The number of ether oxygens (including phenoxy) is 2. The first kappa shape index (κ1) is 39.6. The molecule has 0 spiro atoms. The smallest absolute Gasteiger partial charge is 0.387 e. The van der Waals surface area contributed by atoms with Gasteiger partial charge in [0.05, 0.1) is 59.9 Å². The number of nitrogens with one attached hydrogen (secondary N) is 2. The van der Waals surface area contributed by atoms with Crippen LogP contribution in [-0.4, -0.2) is 104 Å². The minimum atomic E-state index is -3.53. The number of halogens is 3. The van der Waals surface area contributed by atoms with Crippen LogP contribution >= 0.6 is 0 Å². The Morgan fingerprint density at radius 3 is 2.12 bits per heavy atom. The largest absolute Gasteiger partial charge is 0.492 e. The van der Waals surface area contributed by atoms with Crippen molar-refractivity contribution in [1.82, 2.24) is 18.8 Å². The predicted molar refractivity (Wildman–Crippen MR) is 206 cm³/mol. The molecule has 8 rings (SSSR count). The van der Waals surface area contributed by atoms with Crippen LogP contribution in [0.25, 0.3) is 21.8 Å². The molecular weight excluding hydrogens is 773 g/mol. The molecule has 1 unspecified atom stereocenters. The molecule has 8 N–H and O–H groups in total. The molecule has 0 radical (unpaired) electrons.